The normalized spacial score (nSPS) is 16.1. The summed E-state index contributed by atoms with van der Waals surface area (Å²) in [7, 11) is 0. The Labute approximate surface area is 143 Å². The van der Waals surface area contributed by atoms with Crippen molar-refractivity contribution in [1.82, 2.24) is 24.6 Å². The van der Waals surface area contributed by atoms with Crippen molar-refractivity contribution in [2.24, 2.45) is 0 Å². The average Bonchev–Trinajstić information content (AvgIpc) is 3.16. The summed E-state index contributed by atoms with van der Waals surface area (Å²) in [6.45, 7) is 6.12. The summed E-state index contributed by atoms with van der Waals surface area (Å²) >= 11 is 1.49. The number of fused-ring (bicyclic) bond motifs is 2. The third-order valence-electron chi connectivity index (χ3n) is 4.42. The van der Waals surface area contributed by atoms with E-state index < -0.39 is 0 Å². The predicted octanol–water partition coefficient (Wildman–Crippen LogP) is 2.04. The van der Waals surface area contributed by atoms with Gasteiger partial charge in [0.25, 0.3) is 0 Å². The quantitative estimate of drug-likeness (QED) is 0.788. The van der Waals surface area contributed by atoms with Gasteiger partial charge in [0.05, 0.1) is 22.8 Å². The van der Waals surface area contributed by atoms with E-state index in [4.69, 9.17) is 0 Å². The van der Waals surface area contributed by atoms with Crippen LogP contribution in [0.3, 0.4) is 0 Å². The fraction of sp³-hybridized carbons (Fsp3) is 0.375. The summed E-state index contributed by atoms with van der Waals surface area (Å²) in [6, 6.07) is 7.63. The number of para-hydroxylation sites is 1. The van der Waals surface area contributed by atoms with Crippen LogP contribution in [0.4, 0.5) is 5.13 Å². The zero-order chi connectivity index (χ0) is 16.7. The van der Waals surface area contributed by atoms with Crippen molar-refractivity contribution in [2.45, 2.75) is 33.0 Å². The Hall–Kier alpha value is -2.32. The van der Waals surface area contributed by atoms with Gasteiger partial charge in [0.1, 0.15) is 11.6 Å². The van der Waals surface area contributed by atoms with E-state index in [1.165, 1.54) is 11.3 Å². The molecule has 0 bridgehead atoms. The maximum absolute atomic E-state index is 12.6. The highest BCUT2D eigenvalue weighted by Crippen LogP contribution is 2.25. The first-order chi connectivity index (χ1) is 11.6. The van der Waals surface area contributed by atoms with Gasteiger partial charge in [-0.2, -0.15) is 0 Å². The molecule has 1 amide bonds. The van der Waals surface area contributed by atoms with Crippen LogP contribution in [0.15, 0.2) is 24.3 Å². The molecular formula is C16H18N6OS. The van der Waals surface area contributed by atoms with Gasteiger partial charge in [-0.15, -0.1) is 10.2 Å². The summed E-state index contributed by atoms with van der Waals surface area (Å²) in [5.74, 6) is 1.80. The number of nitrogens with zero attached hydrogens (tertiary/aromatic N) is 5. The smallest absolute Gasteiger partial charge is 0.243 e. The van der Waals surface area contributed by atoms with Crippen LogP contribution >= 0.6 is 11.3 Å². The summed E-state index contributed by atoms with van der Waals surface area (Å²) in [6.07, 6.45) is 0. The topological polar surface area (TPSA) is 75.9 Å². The first-order valence-electron chi connectivity index (χ1n) is 7.91. The first kappa shape index (κ1) is 15.2. The molecule has 3 heterocycles. The largest absolute Gasteiger partial charge is 0.313 e. The second-order valence-electron chi connectivity index (χ2n) is 5.94. The van der Waals surface area contributed by atoms with Gasteiger partial charge in [-0.1, -0.05) is 23.5 Å². The molecule has 1 N–H and O–H groups in total. The minimum atomic E-state index is -0.247. The highest BCUT2D eigenvalue weighted by Gasteiger charge is 2.27. The standard InChI is InChI=1S/C16H18N6OS/c1-10(21-7-8-22-11(2)19-20-14(22)9-21)15(23)18-16-17-12-5-3-4-6-13(12)24-16/h3-6,10H,7-9H2,1-2H3,(H,17,18,23). The monoisotopic (exact) mass is 342 g/mol. The number of anilines is 1. The zero-order valence-electron chi connectivity index (χ0n) is 13.6. The number of thiazole rings is 1. The Balaban J connectivity index is 1.46. The molecule has 124 valence electrons. The number of aromatic nitrogens is 4. The van der Waals surface area contributed by atoms with E-state index in [0.29, 0.717) is 11.7 Å². The Morgan fingerprint density at radius 3 is 2.96 bits per heavy atom. The zero-order valence-corrected chi connectivity index (χ0v) is 14.4. The Morgan fingerprint density at radius 2 is 2.12 bits per heavy atom. The van der Waals surface area contributed by atoms with Crippen molar-refractivity contribution in [3.05, 3.63) is 35.9 Å². The molecule has 3 aromatic rings. The number of nitrogens with one attached hydrogen (secondary N) is 1. The molecule has 1 atom stereocenters. The van der Waals surface area contributed by atoms with Crippen LogP contribution in [0.5, 0.6) is 0 Å². The lowest BCUT2D eigenvalue weighted by atomic mass is 10.2. The Kier molecular flexibility index (Phi) is 3.78. The molecule has 0 fully saturated rings. The fourth-order valence-electron chi connectivity index (χ4n) is 2.95. The number of hydrogen-bond acceptors (Lipinski definition) is 6. The number of rotatable bonds is 3. The minimum Gasteiger partial charge on any atom is -0.313 e. The summed E-state index contributed by atoms with van der Waals surface area (Å²) in [4.78, 5) is 19.2. The van der Waals surface area contributed by atoms with Gasteiger partial charge in [-0.25, -0.2) is 4.98 Å². The second-order valence-corrected chi connectivity index (χ2v) is 6.97. The highest BCUT2D eigenvalue weighted by molar-refractivity contribution is 7.22. The number of carbonyl (C=O) groups excluding carboxylic acids is 1. The molecule has 4 rings (SSSR count). The number of benzene rings is 1. The van der Waals surface area contributed by atoms with E-state index in [2.05, 4.69) is 30.0 Å². The van der Waals surface area contributed by atoms with Gasteiger partial charge >= 0.3 is 0 Å². The average molecular weight is 342 g/mol. The predicted molar refractivity (Wildman–Crippen MR) is 92.9 cm³/mol. The van der Waals surface area contributed by atoms with Crippen LogP contribution in [0.25, 0.3) is 10.2 Å². The van der Waals surface area contributed by atoms with Crippen LogP contribution in [-0.4, -0.2) is 43.1 Å². The fourth-order valence-corrected chi connectivity index (χ4v) is 3.82. The van der Waals surface area contributed by atoms with E-state index in [1.807, 2.05) is 38.1 Å². The molecule has 0 saturated heterocycles. The van der Waals surface area contributed by atoms with E-state index in [9.17, 15) is 4.79 Å². The summed E-state index contributed by atoms with van der Waals surface area (Å²) in [5.41, 5.74) is 0.909. The van der Waals surface area contributed by atoms with Gasteiger partial charge in [0.2, 0.25) is 5.91 Å². The molecule has 7 nitrogen and oxygen atoms in total. The van der Waals surface area contributed by atoms with Gasteiger partial charge in [0.15, 0.2) is 5.13 Å². The molecule has 0 saturated carbocycles. The van der Waals surface area contributed by atoms with E-state index in [0.717, 1.165) is 35.0 Å². The first-order valence-corrected chi connectivity index (χ1v) is 8.72. The lowest BCUT2D eigenvalue weighted by Gasteiger charge is -2.31. The van der Waals surface area contributed by atoms with Crippen LogP contribution in [0.2, 0.25) is 0 Å². The molecule has 0 radical (unpaired) electrons. The molecule has 0 spiro atoms. The van der Waals surface area contributed by atoms with Gasteiger partial charge < -0.3 is 9.88 Å². The van der Waals surface area contributed by atoms with Crippen molar-refractivity contribution in [3.63, 3.8) is 0 Å². The number of aryl methyl sites for hydroxylation is 1. The van der Waals surface area contributed by atoms with E-state index in [-0.39, 0.29) is 11.9 Å². The maximum atomic E-state index is 12.6. The number of hydrogen-bond donors (Lipinski definition) is 1. The van der Waals surface area contributed by atoms with E-state index >= 15 is 0 Å². The lowest BCUT2D eigenvalue weighted by molar-refractivity contribution is -0.121. The minimum absolute atomic E-state index is 0.0428. The summed E-state index contributed by atoms with van der Waals surface area (Å²) < 4.78 is 3.18. The maximum Gasteiger partial charge on any atom is 0.243 e. The van der Waals surface area contributed by atoms with Gasteiger partial charge in [-0.05, 0) is 26.0 Å². The van der Waals surface area contributed by atoms with Crippen molar-refractivity contribution in [3.8, 4) is 0 Å². The molecule has 8 heteroatoms. The molecule has 0 aliphatic carbocycles. The lowest BCUT2D eigenvalue weighted by Crippen LogP contribution is -2.46. The highest BCUT2D eigenvalue weighted by atomic mass is 32.1. The molecular weight excluding hydrogens is 324 g/mol. The van der Waals surface area contributed by atoms with E-state index in [1.54, 1.807) is 0 Å². The third-order valence-corrected chi connectivity index (χ3v) is 5.37. The van der Waals surface area contributed by atoms with Crippen LogP contribution in [0, 0.1) is 6.92 Å². The Bertz CT molecular complexity index is 868. The molecule has 1 aliphatic heterocycles. The molecule has 1 aromatic carbocycles. The van der Waals surface area contributed by atoms with Crippen molar-refractivity contribution < 1.29 is 4.79 Å². The van der Waals surface area contributed by atoms with Crippen molar-refractivity contribution >= 4 is 32.6 Å². The number of amides is 1. The van der Waals surface area contributed by atoms with Crippen LogP contribution in [0.1, 0.15) is 18.6 Å². The summed E-state index contributed by atoms with van der Waals surface area (Å²) in [5, 5.41) is 11.9. The molecule has 24 heavy (non-hydrogen) atoms. The van der Waals surface area contributed by atoms with Gasteiger partial charge in [-0.3, -0.25) is 9.69 Å². The number of carbonyl (C=O) groups is 1. The van der Waals surface area contributed by atoms with Crippen molar-refractivity contribution in [1.29, 1.82) is 0 Å². The molecule has 1 aliphatic rings. The van der Waals surface area contributed by atoms with Crippen molar-refractivity contribution in [2.75, 3.05) is 11.9 Å². The second kappa shape index (κ2) is 5.95. The third kappa shape index (κ3) is 2.67. The molecule has 1 unspecified atom stereocenters. The SMILES string of the molecule is Cc1nnc2n1CCN(C(C)C(=O)Nc1nc3ccccc3s1)C2. The Morgan fingerprint density at radius 1 is 1.29 bits per heavy atom. The van der Waals surface area contributed by atoms with Gasteiger partial charge in [0, 0.05) is 13.1 Å². The molecule has 2 aromatic heterocycles. The van der Waals surface area contributed by atoms with Crippen LogP contribution in [-0.2, 0) is 17.9 Å². The van der Waals surface area contributed by atoms with Crippen LogP contribution < -0.4 is 5.32 Å².